The highest BCUT2D eigenvalue weighted by Gasteiger charge is 2.18. The number of amides is 1. The van der Waals surface area contributed by atoms with Crippen LogP contribution in [-0.2, 0) is 0 Å². The number of carbonyl (C=O) groups is 1. The first kappa shape index (κ1) is 18.7. The van der Waals surface area contributed by atoms with Crippen LogP contribution in [0.2, 0.25) is 0 Å². The van der Waals surface area contributed by atoms with Gasteiger partial charge in [-0.15, -0.1) is 0 Å². The third-order valence-corrected chi connectivity index (χ3v) is 4.72. The number of aromatic amines is 1. The molecule has 0 aliphatic rings. The van der Waals surface area contributed by atoms with Crippen LogP contribution in [0.5, 0.6) is 5.75 Å². The molecule has 1 aromatic heterocycles. The van der Waals surface area contributed by atoms with Gasteiger partial charge in [-0.3, -0.25) is 9.59 Å². The smallest absolute Gasteiger partial charge is 0.255 e. The second kappa shape index (κ2) is 8.54. The zero-order valence-corrected chi connectivity index (χ0v) is 15.6. The lowest BCUT2D eigenvalue weighted by molar-refractivity contribution is 0.0935. The number of unbranched alkanes of at least 4 members (excludes halogenated alkanes) is 1. The van der Waals surface area contributed by atoms with Gasteiger partial charge in [-0.2, -0.15) is 0 Å². The minimum absolute atomic E-state index is 0.103. The molecule has 5 heteroatoms. The average molecular weight is 364 g/mol. The van der Waals surface area contributed by atoms with Crippen molar-refractivity contribution in [3.8, 4) is 5.75 Å². The zero-order chi connectivity index (χ0) is 19.2. The lowest BCUT2D eigenvalue weighted by Gasteiger charge is -2.20. The molecule has 1 atom stereocenters. The van der Waals surface area contributed by atoms with Gasteiger partial charge in [-0.05, 0) is 30.2 Å². The molecule has 1 amide bonds. The van der Waals surface area contributed by atoms with Crippen molar-refractivity contribution < 1.29 is 9.53 Å². The number of methoxy groups -OCH3 is 1. The number of hydrogen-bond donors (Lipinski definition) is 2. The minimum Gasteiger partial charge on any atom is -0.497 e. The molecule has 0 saturated carbocycles. The van der Waals surface area contributed by atoms with Crippen LogP contribution in [0.3, 0.4) is 0 Å². The van der Waals surface area contributed by atoms with Gasteiger partial charge in [0.1, 0.15) is 5.75 Å². The number of benzene rings is 2. The predicted molar refractivity (Wildman–Crippen MR) is 107 cm³/mol. The van der Waals surface area contributed by atoms with Crippen LogP contribution in [-0.4, -0.2) is 18.0 Å². The van der Waals surface area contributed by atoms with Gasteiger partial charge in [-0.1, -0.05) is 50.1 Å². The van der Waals surface area contributed by atoms with E-state index in [1.165, 1.54) is 6.20 Å². The average Bonchev–Trinajstić information content (AvgIpc) is 2.71. The molecule has 2 N–H and O–H groups in total. The van der Waals surface area contributed by atoms with Crippen LogP contribution in [0.25, 0.3) is 10.8 Å². The van der Waals surface area contributed by atoms with Gasteiger partial charge in [0.25, 0.3) is 11.5 Å². The minimum atomic E-state index is -0.195. The summed E-state index contributed by atoms with van der Waals surface area (Å²) in [5, 5.41) is 4.30. The Morgan fingerprint density at radius 2 is 1.81 bits per heavy atom. The summed E-state index contributed by atoms with van der Waals surface area (Å²) in [7, 11) is 1.63. The molecule has 0 fully saturated rings. The zero-order valence-electron chi connectivity index (χ0n) is 15.6. The van der Waals surface area contributed by atoms with Gasteiger partial charge in [0.05, 0.1) is 18.7 Å². The highest BCUT2D eigenvalue weighted by Crippen LogP contribution is 2.23. The summed E-state index contributed by atoms with van der Waals surface area (Å²) in [5.74, 6) is 0.588. The largest absolute Gasteiger partial charge is 0.497 e. The summed E-state index contributed by atoms with van der Waals surface area (Å²) in [5.41, 5.74) is 1.31. The number of ether oxygens (including phenoxy) is 1. The quantitative estimate of drug-likeness (QED) is 0.660. The van der Waals surface area contributed by atoms with E-state index in [9.17, 15) is 9.59 Å². The van der Waals surface area contributed by atoms with E-state index in [2.05, 4.69) is 17.2 Å². The van der Waals surface area contributed by atoms with Crippen LogP contribution in [0.15, 0.2) is 59.5 Å². The second-order valence-corrected chi connectivity index (χ2v) is 6.52. The molecule has 5 nitrogen and oxygen atoms in total. The Labute approximate surface area is 158 Å². The van der Waals surface area contributed by atoms with Gasteiger partial charge in [0.15, 0.2) is 0 Å². The molecule has 0 bridgehead atoms. The summed E-state index contributed by atoms with van der Waals surface area (Å²) in [6.07, 6.45) is 4.38. The highest BCUT2D eigenvalue weighted by atomic mass is 16.5. The van der Waals surface area contributed by atoms with Crippen molar-refractivity contribution in [3.63, 3.8) is 0 Å². The molecule has 0 radical (unpaired) electrons. The molecule has 0 aliphatic heterocycles. The van der Waals surface area contributed by atoms with Gasteiger partial charge >= 0.3 is 0 Å². The third-order valence-electron chi connectivity index (χ3n) is 4.72. The molecular formula is C22H24N2O3. The van der Waals surface area contributed by atoms with Gasteiger partial charge in [0, 0.05) is 17.0 Å². The maximum absolute atomic E-state index is 13.0. The maximum Gasteiger partial charge on any atom is 0.255 e. The molecule has 27 heavy (non-hydrogen) atoms. The number of fused-ring (bicyclic) bond motifs is 1. The molecule has 1 heterocycles. The lowest BCUT2D eigenvalue weighted by Crippen LogP contribution is -2.29. The summed E-state index contributed by atoms with van der Waals surface area (Å²) < 4.78 is 5.22. The fourth-order valence-electron chi connectivity index (χ4n) is 3.20. The van der Waals surface area contributed by atoms with Crippen LogP contribution >= 0.6 is 0 Å². The van der Waals surface area contributed by atoms with Crippen molar-refractivity contribution in [1.29, 1.82) is 0 Å². The Morgan fingerprint density at radius 3 is 2.48 bits per heavy atom. The van der Waals surface area contributed by atoms with E-state index in [-0.39, 0.29) is 17.5 Å². The second-order valence-electron chi connectivity index (χ2n) is 6.52. The van der Waals surface area contributed by atoms with Gasteiger partial charge < -0.3 is 15.0 Å². The Bertz CT molecular complexity index is 977. The molecule has 140 valence electrons. The van der Waals surface area contributed by atoms with E-state index >= 15 is 0 Å². The number of pyridine rings is 1. The molecule has 3 rings (SSSR count). The standard InChI is InChI=1S/C22H24N2O3/c1-3-4-9-20(15-10-12-16(27-2)13-11-15)24-22(26)19-14-23-21(25)18-8-6-5-7-17(18)19/h5-8,10-14,20H,3-4,9H2,1-2H3,(H,23,25)(H,24,26). The summed E-state index contributed by atoms with van der Waals surface area (Å²) in [6.45, 7) is 2.13. The monoisotopic (exact) mass is 364 g/mol. The predicted octanol–water partition coefficient (Wildman–Crippen LogP) is 4.20. The molecule has 3 aromatic rings. The summed E-state index contributed by atoms with van der Waals surface area (Å²) in [6, 6.07) is 14.8. The Hall–Kier alpha value is -3.08. The van der Waals surface area contributed by atoms with Crippen molar-refractivity contribution in [2.45, 2.75) is 32.2 Å². The normalized spacial score (nSPS) is 11.9. The van der Waals surface area contributed by atoms with E-state index in [1.54, 1.807) is 25.3 Å². The van der Waals surface area contributed by atoms with Gasteiger partial charge in [-0.25, -0.2) is 0 Å². The molecule has 0 spiro atoms. The van der Waals surface area contributed by atoms with Crippen molar-refractivity contribution >= 4 is 16.7 Å². The number of hydrogen-bond acceptors (Lipinski definition) is 3. The van der Waals surface area contributed by atoms with Crippen LogP contribution in [0.1, 0.15) is 48.1 Å². The topological polar surface area (TPSA) is 71.2 Å². The van der Waals surface area contributed by atoms with Crippen LogP contribution in [0.4, 0.5) is 0 Å². The van der Waals surface area contributed by atoms with Crippen molar-refractivity contribution in [2.75, 3.05) is 7.11 Å². The number of carbonyl (C=O) groups excluding carboxylic acids is 1. The SMILES string of the molecule is CCCCC(NC(=O)c1c[nH]c(=O)c2ccccc12)c1ccc(OC)cc1. The number of H-pyrrole nitrogens is 1. The molecule has 0 aliphatic carbocycles. The van der Waals surface area contributed by atoms with Crippen molar-refractivity contribution in [2.24, 2.45) is 0 Å². The fraction of sp³-hybridized carbons (Fsp3) is 0.273. The first-order valence-corrected chi connectivity index (χ1v) is 9.19. The van der Waals surface area contributed by atoms with Gasteiger partial charge in [0.2, 0.25) is 0 Å². The highest BCUT2D eigenvalue weighted by molar-refractivity contribution is 6.06. The van der Waals surface area contributed by atoms with E-state index in [1.807, 2.05) is 30.3 Å². The Kier molecular flexibility index (Phi) is 5.91. The molecule has 1 unspecified atom stereocenters. The van der Waals surface area contributed by atoms with E-state index in [0.29, 0.717) is 16.3 Å². The molecule has 0 saturated heterocycles. The molecular weight excluding hydrogens is 340 g/mol. The number of rotatable bonds is 7. The van der Waals surface area contributed by atoms with Crippen molar-refractivity contribution in [3.05, 3.63) is 76.2 Å². The fourth-order valence-corrected chi connectivity index (χ4v) is 3.20. The van der Waals surface area contributed by atoms with E-state index in [0.717, 1.165) is 30.6 Å². The Morgan fingerprint density at radius 1 is 1.11 bits per heavy atom. The van der Waals surface area contributed by atoms with Crippen molar-refractivity contribution in [1.82, 2.24) is 10.3 Å². The van der Waals surface area contributed by atoms with Crippen LogP contribution in [0, 0.1) is 0 Å². The number of aromatic nitrogens is 1. The maximum atomic E-state index is 13.0. The number of nitrogens with one attached hydrogen (secondary N) is 2. The summed E-state index contributed by atoms with van der Waals surface area (Å²) >= 11 is 0. The third kappa shape index (κ3) is 4.19. The molecule has 2 aromatic carbocycles. The lowest BCUT2D eigenvalue weighted by atomic mass is 10.00. The first-order valence-electron chi connectivity index (χ1n) is 9.19. The first-order chi connectivity index (χ1) is 13.1. The van der Waals surface area contributed by atoms with Crippen LogP contribution < -0.4 is 15.6 Å². The van der Waals surface area contributed by atoms with E-state index in [4.69, 9.17) is 4.74 Å². The summed E-state index contributed by atoms with van der Waals surface area (Å²) in [4.78, 5) is 27.6. The van der Waals surface area contributed by atoms with E-state index < -0.39 is 0 Å². The Balaban J connectivity index is 1.90.